The van der Waals surface area contributed by atoms with Crippen molar-refractivity contribution in [2.24, 2.45) is 0 Å². The maximum Gasteiger partial charge on any atom is 0.115 e. The average molecular weight is 295 g/mol. The van der Waals surface area contributed by atoms with Crippen LogP contribution in [-0.4, -0.2) is 10.1 Å². The molecular weight excluding hydrogens is 278 g/mol. The highest BCUT2D eigenvalue weighted by atomic mass is 32.1. The van der Waals surface area contributed by atoms with Gasteiger partial charge in [0.15, 0.2) is 0 Å². The Labute approximate surface area is 128 Å². The highest BCUT2D eigenvalue weighted by Gasteiger charge is 2.19. The third-order valence-corrected chi connectivity index (χ3v) is 4.47. The molecule has 0 radical (unpaired) electrons. The molecule has 0 amide bonds. The number of aliphatic hydroxyl groups excluding tert-OH is 1. The Balaban J connectivity index is 2.05. The van der Waals surface area contributed by atoms with Crippen LogP contribution in [-0.2, 0) is 0 Å². The third kappa shape index (κ3) is 2.89. The summed E-state index contributed by atoms with van der Waals surface area (Å²) in [5.74, 6) is 0. The number of aryl methyl sites for hydroxylation is 2. The molecule has 0 saturated heterocycles. The minimum Gasteiger partial charge on any atom is -0.383 e. The van der Waals surface area contributed by atoms with Crippen LogP contribution in [0, 0.1) is 13.8 Å². The average Bonchev–Trinajstić information content (AvgIpc) is 2.90. The van der Waals surface area contributed by atoms with Crippen LogP contribution in [0.25, 0.3) is 11.3 Å². The van der Waals surface area contributed by atoms with E-state index in [1.807, 2.05) is 37.3 Å². The van der Waals surface area contributed by atoms with E-state index in [2.05, 4.69) is 36.2 Å². The number of aromatic nitrogens is 1. The molecule has 106 valence electrons. The molecule has 1 heterocycles. The number of nitrogens with zero attached hydrogens (tertiary/aromatic N) is 1. The standard InChI is InChI=1S/C18H17NOS/c1-12-8-10-14(11-9-12)16-18(21-13(2)19-16)17(20)15-6-4-3-5-7-15/h3-11,17,20H,1-2H3. The van der Waals surface area contributed by atoms with Gasteiger partial charge in [0.05, 0.1) is 15.6 Å². The fourth-order valence-electron chi connectivity index (χ4n) is 2.33. The quantitative estimate of drug-likeness (QED) is 0.771. The van der Waals surface area contributed by atoms with E-state index in [9.17, 15) is 5.11 Å². The molecule has 3 heteroatoms. The van der Waals surface area contributed by atoms with Crippen molar-refractivity contribution in [1.29, 1.82) is 0 Å². The molecule has 2 aromatic carbocycles. The summed E-state index contributed by atoms with van der Waals surface area (Å²) in [5, 5.41) is 11.6. The SMILES string of the molecule is Cc1ccc(-c2nc(C)sc2C(O)c2ccccc2)cc1. The van der Waals surface area contributed by atoms with Crippen LogP contribution in [0.2, 0.25) is 0 Å². The van der Waals surface area contributed by atoms with E-state index in [0.717, 1.165) is 26.7 Å². The van der Waals surface area contributed by atoms with Gasteiger partial charge in [-0.05, 0) is 19.4 Å². The second-order valence-corrected chi connectivity index (χ2v) is 6.36. The Hall–Kier alpha value is -1.97. The van der Waals surface area contributed by atoms with Crippen LogP contribution in [0.1, 0.15) is 27.1 Å². The summed E-state index contributed by atoms with van der Waals surface area (Å²) >= 11 is 1.56. The van der Waals surface area contributed by atoms with Crippen molar-refractivity contribution in [1.82, 2.24) is 4.98 Å². The predicted octanol–water partition coefficient (Wildman–Crippen LogP) is 4.51. The van der Waals surface area contributed by atoms with Crippen molar-refractivity contribution in [3.63, 3.8) is 0 Å². The summed E-state index contributed by atoms with van der Waals surface area (Å²) in [7, 11) is 0. The van der Waals surface area contributed by atoms with Gasteiger partial charge in [-0.3, -0.25) is 0 Å². The predicted molar refractivity (Wildman–Crippen MR) is 87.5 cm³/mol. The van der Waals surface area contributed by atoms with Gasteiger partial charge in [0.25, 0.3) is 0 Å². The van der Waals surface area contributed by atoms with Crippen LogP contribution < -0.4 is 0 Å². The molecule has 0 fully saturated rings. The van der Waals surface area contributed by atoms with Gasteiger partial charge in [-0.25, -0.2) is 4.98 Å². The molecule has 1 atom stereocenters. The normalized spacial score (nSPS) is 12.3. The Bertz CT molecular complexity index is 732. The third-order valence-electron chi connectivity index (χ3n) is 3.45. The summed E-state index contributed by atoms with van der Waals surface area (Å²) in [6.45, 7) is 4.04. The minimum absolute atomic E-state index is 0.631. The van der Waals surface area contributed by atoms with Gasteiger partial charge in [0.2, 0.25) is 0 Å². The number of thiazole rings is 1. The van der Waals surface area contributed by atoms with Gasteiger partial charge in [-0.15, -0.1) is 11.3 Å². The zero-order valence-corrected chi connectivity index (χ0v) is 12.9. The van der Waals surface area contributed by atoms with Gasteiger partial charge >= 0.3 is 0 Å². The Morgan fingerprint density at radius 2 is 1.62 bits per heavy atom. The molecule has 0 saturated carbocycles. The molecule has 1 N–H and O–H groups in total. The summed E-state index contributed by atoms with van der Waals surface area (Å²) in [6, 6.07) is 18.0. The molecule has 0 bridgehead atoms. The summed E-state index contributed by atoms with van der Waals surface area (Å²) in [6.07, 6.45) is -0.631. The first-order chi connectivity index (χ1) is 10.1. The van der Waals surface area contributed by atoms with E-state index in [1.54, 1.807) is 11.3 Å². The minimum atomic E-state index is -0.631. The second-order valence-electron chi connectivity index (χ2n) is 5.12. The summed E-state index contributed by atoms with van der Waals surface area (Å²) in [4.78, 5) is 5.52. The highest BCUT2D eigenvalue weighted by molar-refractivity contribution is 7.12. The first kappa shape index (κ1) is 14.0. The lowest BCUT2D eigenvalue weighted by molar-refractivity contribution is 0.224. The van der Waals surface area contributed by atoms with E-state index in [-0.39, 0.29) is 0 Å². The van der Waals surface area contributed by atoms with Crippen LogP contribution in [0.4, 0.5) is 0 Å². The van der Waals surface area contributed by atoms with Crippen LogP contribution in [0.3, 0.4) is 0 Å². The number of hydrogen-bond acceptors (Lipinski definition) is 3. The Morgan fingerprint density at radius 1 is 0.952 bits per heavy atom. The first-order valence-corrected chi connectivity index (χ1v) is 7.74. The fraction of sp³-hybridized carbons (Fsp3) is 0.167. The molecule has 0 aliphatic carbocycles. The molecule has 2 nitrogen and oxygen atoms in total. The molecule has 3 aromatic rings. The zero-order chi connectivity index (χ0) is 14.8. The second kappa shape index (κ2) is 5.80. The van der Waals surface area contributed by atoms with Crippen molar-refractivity contribution < 1.29 is 5.11 Å². The topological polar surface area (TPSA) is 33.1 Å². The van der Waals surface area contributed by atoms with Crippen LogP contribution in [0.5, 0.6) is 0 Å². The van der Waals surface area contributed by atoms with E-state index in [4.69, 9.17) is 0 Å². The van der Waals surface area contributed by atoms with Crippen LogP contribution in [0.15, 0.2) is 54.6 Å². The molecule has 1 unspecified atom stereocenters. The largest absolute Gasteiger partial charge is 0.383 e. The van der Waals surface area contributed by atoms with Gasteiger partial charge in [-0.1, -0.05) is 60.2 Å². The fourth-order valence-corrected chi connectivity index (χ4v) is 3.30. The van der Waals surface area contributed by atoms with Crippen molar-refractivity contribution in [2.45, 2.75) is 20.0 Å². The monoisotopic (exact) mass is 295 g/mol. The molecule has 0 aliphatic heterocycles. The van der Waals surface area contributed by atoms with Crippen molar-refractivity contribution >= 4 is 11.3 Å². The van der Waals surface area contributed by atoms with Gasteiger partial charge in [0, 0.05) is 5.56 Å². The molecule has 3 rings (SSSR count). The summed E-state index contributed by atoms with van der Waals surface area (Å²) in [5.41, 5.74) is 4.05. The molecule has 0 spiro atoms. The van der Waals surface area contributed by atoms with Crippen molar-refractivity contribution in [2.75, 3.05) is 0 Å². The van der Waals surface area contributed by atoms with E-state index in [0.29, 0.717) is 0 Å². The summed E-state index contributed by atoms with van der Waals surface area (Å²) < 4.78 is 0. The lowest BCUT2D eigenvalue weighted by atomic mass is 10.0. The zero-order valence-electron chi connectivity index (χ0n) is 12.1. The first-order valence-electron chi connectivity index (χ1n) is 6.92. The van der Waals surface area contributed by atoms with E-state index in [1.165, 1.54) is 5.56 Å². The number of hydrogen-bond donors (Lipinski definition) is 1. The highest BCUT2D eigenvalue weighted by Crippen LogP contribution is 2.35. The molecule has 0 aliphatic rings. The number of benzene rings is 2. The lowest BCUT2D eigenvalue weighted by Gasteiger charge is -2.11. The van der Waals surface area contributed by atoms with E-state index >= 15 is 0 Å². The van der Waals surface area contributed by atoms with Gasteiger partial charge in [0.1, 0.15) is 6.10 Å². The smallest absolute Gasteiger partial charge is 0.115 e. The van der Waals surface area contributed by atoms with Crippen LogP contribution >= 0.6 is 11.3 Å². The maximum absolute atomic E-state index is 10.7. The molecule has 1 aromatic heterocycles. The van der Waals surface area contributed by atoms with Crippen molar-refractivity contribution in [3.8, 4) is 11.3 Å². The lowest BCUT2D eigenvalue weighted by Crippen LogP contribution is -1.99. The maximum atomic E-state index is 10.7. The Kier molecular flexibility index (Phi) is 3.86. The van der Waals surface area contributed by atoms with Gasteiger partial charge in [-0.2, -0.15) is 0 Å². The number of aliphatic hydroxyl groups is 1. The number of rotatable bonds is 3. The van der Waals surface area contributed by atoms with Crippen molar-refractivity contribution in [3.05, 3.63) is 75.6 Å². The molecular formula is C18H17NOS. The van der Waals surface area contributed by atoms with Gasteiger partial charge < -0.3 is 5.11 Å². The van der Waals surface area contributed by atoms with E-state index < -0.39 is 6.10 Å². The molecule has 21 heavy (non-hydrogen) atoms. The Morgan fingerprint density at radius 3 is 2.29 bits per heavy atom.